The van der Waals surface area contributed by atoms with Gasteiger partial charge in [-0.1, -0.05) is 48.5 Å². The molecule has 202 valence electrons. The Morgan fingerprint density at radius 1 is 0.974 bits per heavy atom. The van der Waals surface area contributed by atoms with Crippen LogP contribution in [0.3, 0.4) is 0 Å². The first-order valence-electron chi connectivity index (χ1n) is 12.4. The molecule has 0 aliphatic heterocycles. The molecule has 0 heterocycles. The fourth-order valence-electron chi connectivity index (χ4n) is 4.66. The van der Waals surface area contributed by atoms with Gasteiger partial charge in [-0.05, 0) is 61.8 Å². The maximum atomic E-state index is 14.5. The van der Waals surface area contributed by atoms with Crippen LogP contribution in [0.15, 0.2) is 48.5 Å². The van der Waals surface area contributed by atoms with Crippen LogP contribution in [0.25, 0.3) is 11.1 Å². The highest BCUT2D eigenvalue weighted by atomic mass is 19.4. The third-order valence-corrected chi connectivity index (χ3v) is 7.26. The fraction of sp³-hybridized carbons (Fsp3) is 0.464. The van der Waals surface area contributed by atoms with E-state index >= 15 is 0 Å². The lowest BCUT2D eigenvalue weighted by molar-refractivity contribution is -0.161. The summed E-state index contributed by atoms with van der Waals surface area (Å²) in [5.41, 5.74) is 3.95. The van der Waals surface area contributed by atoms with Crippen molar-refractivity contribution >= 4 is 11.8 Å². The van der Waals surface area contributed by atoms with Gasteiger partial charge in [-0.2, -0.15) is 18.4 Å². The number of carbonyl (C=O) groups excluding carboxylic acids is 2. The maximum absolute atomic E-state index is 14.5. The lowest BCUT2D eigenvalue weighted by Gasteiger charge is -2.30. The van der Waals surface area contributed by atoms with Crippen LogP contribution in [0.4, 0.5) is 17.6 Å². The van der Waals surface area contributed by atoms with Crippen molar-refractivity contribution in [2.24, 2.45) is 5.73 Å². The predicted octanol–water partition coefficient (Wildman–Crippen LogP) is 4.74. The van der Waals surface area contributed by atoms with E-state index in [1.807, 2.05) is 6.07 Å². The first-order valence-corrected chi connectivity index (χ1v) is 12.4. The van der Waals surface area contributed by atoms with Gasteiger partial charge in [0.1, 0.15) is 17.2 Å². The Balaban J connectivity index is 1.55. The number of hydrogen-bond donors (Lipinski definition) is 3. The lowest BCUT2D eigenvalue weighted by atomic mass is 9.92. The Labute approximate surface area is 218 Å². The minimum atomic E-state index is -4.78. The molecule has 0 radical (unpaired) electrons. The molecule has 0 unspecified atom stereocenters. The number of nitrogens with zero attached hydrogens (tertiary/aromatic N) is 1. The van der Waals surface area contributed by atoms with E-state index in [1.165, 1.54) is 38.1 Å². The number of nitriles is 1. The molecule has 2 fully saturated rings. The Morgan fingerprint density at radius 3 is 1.89 bits per heavy atom. The number of nitrogens with one attached hydrogen (secondary N) is 2. The number of nitrogens with two attached hydrogens (primary N) is 1. The molecule has 2 aliphatic rings. The molecule has 6 nitrogen and oxygen atoms in total. The van der Waals surface area contributed by atoms with Crippen LogP contribution in [0.2, 0.25) is 0 Å². The lowest BCUT2D eigenvalue weighted by Crippen LogP contribution is -2.53. The molecule has 2 saturated carbocycles. The van der Waals surface area contributed by atoms with Crippen molar-refractivity contribution in [2.75, 3.05) is 0 Å². The number of primary amides is 1. The highest BCUT2D eigenvalue weighted by molar-refractivity contribution is 5.90. The Kier molecular flexibility index (Phi) is 7.04. The Hall–Kier alpha value is -3.45. The first kappa shape index (κ1) is 27.6. The van der Waals surface area contributed by atoms with E-state index in [0.29, 0.717) is 31.2 Å². The molecular weight excluding hydrogens is 500 g/mol. The number of alkyl halides is 4. The number of halogens is 4. The van der Waals surface area contributed by atoms with E-state index in [0.717, 1.165) is 11.1 Å². The van der Waals surface area contributed by atoms with Crippen LogP contribution in [0, 0.1) is 11.3 Å². The van der Waals surface area contributed by atoms with E-state index in [9.17, 15) is 32.4 Å². The monoisotopic (exact) mass is 530 g/mol. The minimum absolute atomic E-state index is 0.139. The van der Waals surface area contributed by atoms with Gasteiger partial charge in [-0.15, -0.1) is 0 Å². The average Bonchev–Trinajstić information content (AvgIpc) is 3.76. The predicted molar refractivity (Wildman–Crippen MR) is 133 cm³/mol. The number of carbonyl (C=O) groups is 2. The SMILES string of the molecule is CC(C)(F)C[C@H](N[C@@H](c1ccc(-c2ccc(C3(C(N)=O)CC3)cc2)cc1)C(F)(F)F)C(=O)NC1(C#N)CC1. The van der Waals surface area contributed by atoms with Gasteiger partial charge >= 0.3 is 6.18 Å². The van der Waals surface area contributed by atoms with Crippen LogP contribution in [-0.2, 0) is 15.0 Å². The second-order valence-electron chi connectivity index (χ2n) is 10.9. The molecule has 2 amide bonds. The number of hydrogen-bond acceptors (Lipinski definition) is 4. The van der Waals surface area contributed by atoms with Gasteiger partial charge in [0.2, 0.25) is 11.8 Å². The molecule has 0 spiro atoms. The summed E-state index contributed by atoms with van der Waals surface area (Å²) in [5, 5.41) is 14.0. The topological polar surface area (TPSA) is 108 Å². The van der Waals surface area contributed by atoms with Gasteiger partial charge in [0, 0.05) is 6.42 Å². The van der Waals surface area contributed by atoms with Crippen molar-refractivity contribution in [3.8, 4) is 17.2 Å². The summed E-state index contributed by atoms with van der Waals surface area (Å²) in [5.74, 6) is -1.21. The summed E-state index contributed by atoms with van der Waals surface area (Å²) in [4.78, 5) is 24.6. The van der Waals surface area contributed by atoms with Crippen molar-refractivity contribution in [3.05, 3.63) is 59.7 Å². The first-order chi connectivity index (χ1) is 17.7. The zero-order valence-corrected chi connectivity index (χ0v) is 21.2. The molecular formula is C28H30F4N4O2. The second-order valence-corrected chi connectivity index (χ2v) is 10.9. The van der Waals surface area contributed by atoms with E-state index in [4.69, 9.17) is 5.73 Å². The Morgan fingerprint density at radius 2 is 1.50 bits per heavy atom. The number of benzene rings is 2. The van der Waals surface area contributed by atoms with E-state index < -0.39 is 47.2 Å². The van der Waals surface area contributed by atoms with Crippen molar-refractivity contribution in [2.45, 2.75) is 80.8 Å². The summed E-state index contributed by atoms with van der Waals surface area (Å²) < 4.78 is 56.9. The third-order valence-electron chi connectivity index (χ3n) is 7.26. The smallest absolute Gasteiger partial charge is 0.369 e. The molecule has 0 bridgehead atoms. The molecule has 0 aromatic heterocycles. The summed E-state index contributed by atoms with van der Waals surface area (Å²) in [7, 11) is 0. The van der Waals surface area contributed by atoms with Crippen LogP contribution < -0.4 is 16.4 Å². The largest absolute Gasteiger partial charge is 0.407 e. The van der Waals surface area contributed by atoms with E-state index in [1.54, 1.807) is 24.3 Å². The molecule has 2 aromatic carbocycles. The van der Waals surface area contributed by atoms with Crippen molar-refractivity contribution < 1.29 is 27.2 Å². The minimum Gasteiger partial charge on any atom is -0.369 e. The van der Waals surface area contributed by atoms with Gasteiger partial charge in [0.25, 0.3) is 0 Å². The highest BCUT2D eigenvalue weighted by Crippen LogP contribution is 2.48. The zero-order chi connectivity index (χ0) is 27.9. The van der Waals surface area contributed by atoms with Crippen LogP contribution in [0.5, 0.6) is 0 Å². The zero-order valence-electron chi connectivity index (χ0n) is 21.2. The molecule has 2 aromatic rings. The fourth-order valence-corrected chi connectivity index (χ4v) is 4.66. The average molecular weight is 531 g/mol. The van der Waals surface area contributed by atoms with Crippen molar-refractivity contribution in [1.82, 2.24) is 10.6 Å². The van der Waals surface area contributed by atoms with Gasteiger partial charge < -0.3 is 11.1 Å². The summed E-state index contributed by atoms with van der Waals surface area (Å²) in [6.45, 7) is 2.37. The van der Waals surface area contributed by atoms with Gasteiger partial charge in [-0.3, -0.25) is 14.9 Å². The molecule has 2 atom stereocenters. The summed E-state index contributed by atoms with van der Waals surface area (Å²) in [6.07, 6.45) is -3.10. The standard InChI is InChI=1S/C28H30F4N4O2/c1-25(2,29)15-21(23(37)36-26(16-33)11-12-26)35-22(28(30,31)32)19-5-3-17(4-6-19)18-7-9-20(10-8-18)27(13-14-27)24(34)38/h3-10,21-22,35H,11-15H2,1-2H3,(H2,34,38)(H,36,37)/t21-,22-/m0/s1. The number of amides is 2. The quantitative estimate of drug-likeness (QED) is 0.386. The molecule has 4 rings (SSSR count). The summed E-state index contributed by atoms with van der Waals surface area (Å²) >= 11 is 0. The second kappa shape index (κ2) is 9.70. The van der Waals surface area contributed by atoms with E-state index in [-0.39, 0.29) is 11.5 Å². The van der Waals surface area contributed by atoms with Crippen LogP contribution in [0.1, 0.15) is 63.1 Å². The van der Waals surface area contributed by atoms with Crippen LogP contribution >= 0.6 is 0 Å². The third kappa shape index (κ3) is 5.99. The highest BCUT2D eigenvalue weighted by Gasteiger charge is 2.50. The molecule has 4 N–H and O–H groups in total. The van der Waals surface area contributed by atoms with Gasteiger partial charge in [-0.25, -0.2) is 4.39 Å². The van der Waals surface area contributed by atoms with Crippen molar-refractivity contribution in [3.63, 3.8) is 0 Å². The van der Waals surface area contributed by atoms with Crippen molar-refractivity contribution in [1.29, 1.82) is 5.26 Å². The van der Waals surface area contributed by atoms with Crippen LogP contribution in [-0.4, -0.2) is 35.2 Å². The summed E-state index contributed by atoms with van der Waals surface area (Å²) in [6, 6.07) is 11.1. The molecule has 10 heteroatoms. The molecule has 2 aliphatic carbocycles. The van der Waals surface area contributed by atoms with Gasteiger partial charge in [0.05, 0.1) is 17.5 Å². The molecule has 38 heavy (non-hydrogen) atoms. The Bertz CT molecular complexity index is 1240. The molecule has 0 saturated heterocycles. The normalized spacial score (nSPS) is 19.1. The van der Waals surface area contributed by atoms with E-state index in [2.05, 4.69) is 10.6 Å². The number of rotatable bonds is 10. The maximum Gasteiger partial charge on any atom is 0.407 e. The van der Waals surface area contributed by atoms with Gasteiger partial charge in [0.15, 0.2) is 0 Å².